The quantitative estimate of drug-likeness (QED) is 0.497. The molecule has 1 aromatic carbocycles. The van der Waals surface area contributed by atoms with Gasteiger partial charge in [0, 0.05) is 30.4 Å². The molecule has 4 rings (SSSR count). The average Bonchev–Trinajstić information content (AvgIpc) is 3.38. The first-order valence-corrected chi connectivity index (χ1v) is 11.1. The number of ether oxygens (including phenoxy) is 1. The van der Waals surface area contributed by atoms with Crippen molar-refractivity contribution in [2.75, 3.05) is 20.8 Å². The Kier molecular flexibility index (Phi) is 6.48. The lowest BCUT2D eigenvalue weighted by atomic mass is 10.1. The topological polar surface area (TPSA) is 68.7 Å². The van der Waals surface area contributed by atoms with Crippen LogP contribution in [0.2, 0.25) is 5.02 Å². The molecule has 32 heavy (non-hydrogen) atoms. The summed E-state index contributed by atoms with van der Waals surface area (Å²) in [6, 6.07) is 5.82. The molecule has 168 valence electrons. The van der Waals surface area contributed by atoms with E-state index in [2.05, 4.69) is 41.3 Å². The average molecular weight is 454 g/mol. The number of fused-ring (bicyclic) bond motifs is 3. The minimum Gasteiger partial charge on any atom is -0.443 e. The van der Waals surface area contributed by atoms with Gasteiger partial charge in [0.1, 0.15) is 24.1 Å². The highest BCUT2D eigenvalue weighted by Gasteiger charge is 2.30. The molecule has 1 aliphatic heterocycles. The Morgan fingerprint density at radius 3 is 2.84 bits per heavy atom. The van der Waals surface area contributed by atoms with Crippen molar-refractivity contribution < 1.29 is 9.15 Å². The van der Waals surface area contributed by atoms with Crippen LogP contribution in [-0.2, 0) is 11.3 Å². The molecular weight excluding hydrogens is 426 g/mol. The summed E-state index contributed by atoms with van der Waals surface area (Å²) in [6.45, 7) is 7.28. The van der Waals surface area contributed by atoms with Crippen LogP contribution in [0.25, 0.3) is 17.3 Å². The lowest BCUT2D eigenvalue weighted by Gasteiger charge is -2.27. The van der Waals surface area contributed by atoms with Crippen molar-refractivity contribution in [3.8, 4) is 17.3 Å². The predicted octanol–water partition coefficient (Wildman–Crippen LogP) is 5.44. The fraction of sp³-hybridized carbons (Fsp3) is 0.375. The molecule has 0 saturated heterocycles. The fourth-order valence-electron chi connectivity index (χ4n) is 3.95. The lowest BCUT2D eigenvalue weighted by molar-refractivity contribution is 0.204. The highest BCUT2D eigenvalue weighted by Crippen LogP contribution is 2.34. The van der Waals surface area contributed by atoms with Crippen LogP contribution in [0.15, 0.2) is 52.0 Å². The van der Waals surface area contributed by atoms with Crippen LogP contribution in [0.4, 0.5) is 0 Å². The SMILES string of the molecule is CC/C=C(/COC)N1Cc2c(-c3nc(C(C)C)co3)ncn2-c2ccc(Cl)cc2C1=NC. The molecule has 0 N–H and O–H groups in total. The Labute approximate surface area is 193 Å². The summed E-state index contributed by atoms with van der Waals surface area (Å²) in [5.74, 6) is 1.61. The largest absolute Gasteiger partial charge is 0.443 e. The highest BCUT2D eigenvalue weighted by molar-refractivity contribution is 6.31. The molecular formula is C24H28ClN5O2. The number of aromatic nitrogens is 3. The number of methoxy groups -OCH3 is 1. The second-order valence-corrected chi connectivity index (χ2v) is 8.41. The minimum absolute atomic E-state index is 0.271. The molecule has 0 fully saturated rings. The van der Waals surface area contributed by atoms with Crippen LogP contribution < -0.4 is 0 Å². The molecule has 1 aliphatic rings. The fourth-order valence-corrected chi connectivity index (χ4v) is 4.12. The Hall–Kier alpha value is -2.90. The smallest absolute Gasteiger partial charge is 0.247 e. The number of hydrogen-bond acceptors (Lipinski definition) is 5. The second-order valence-electron chi connectivity index (χ2n) is 7.97. The molecule has 7 nitrogen and oxygen atoms in total. The molecule has 0 radical (unpaired) electrons. The molecule has 0 unspecified atom stereocenters. The summed E-state index contributed by atoms with van der Waals surface area (Å²) >= 11 is 6.40. The van der Waals surface area contributed by atoms with E-state index < -0.39 is 0 Å². The van der Waals surface area contributed by atoms with Gasteiger partial charge in [-0.2, -0.15) is 0 Å². The van der Waals surface area contributed by atoms with Gasteiger partial charge >= 0.3 is 0 Å². The number of halogens is 1. The van der Waals surface area contributed by atoms with Gasteiger partial charge in [0.25, 0.3) is 0 Å². The first-order chi connectivity index (χ1) is 15.5. The number of amidine groups is 1. The van der Waals surface area contributed by atoms with Gasteiger partial charge in [0.2, 0.25) is 5.89 Å². The normalized spacial score (nSPS) is 15.3. The number of aliphatic imine (C=N–C) groups is 1. The Morgan fingerprint density at radius 2 is 2.19 bits per heavy atom. The van der Waals surface area contributed by atoms with E-state index in [1.165, 1.54) is 0 Å². The molecule has 2 aromatic heterocycles. The maximum Gasteiger partial charge on any atom is 0.247 e. The van der Waals surface area contributed by atoms with E-state index in [0.29, 0.717) is 29.8 Å². The van der Waals surface area contributed by atoms with E-state index in [-0.39, 0.29) is 5.92 Å². The first-order valence-electron chi connectivity index (χ1n) is 10.7. The summed E-state index contributed by atoms with van der Waals surface area (Å²) in [5.41, 5.74) is 5.49. The van der Waals surface area contributed by atoms with Gasteiger partial charge in [-0.15, -0.1) is 0 Å². The number of benzene rings is 1. The minimum atomic E-state index is 0.271. The highest BCUT2D eigenvalue weighted by atomic mass is 35.5. The Morgan fingerprint density at radius 1 is 1.38 bits per heavy atom. The molecule has 0 atom stereocenters. The third-order valence-corrected chi connectivity index (χ3v) is 5.73. The third-order valence-electron chi connectivity index (χ3n) is 5.50. The van der Waals surface area contributed by atoms with Gasteiger partial charge in [-0.3, -0.25) is 9.56 Å². The van der Waals surface area contributed by atoms with E-state index in [9.17, 15) is 0 Å². The number of hydrogen-bond donors (Lipinski definition) is 0. The number of rotatable bonds is 6. The van der Waals surface area contributed by atoms with Gasteiger partial charge in [-0.25, -0.2) is 9.97 Å². The standard InChI is InChI=1S/C24H28ClN5O2/c1-6-7-17(12-31-5)29-11-21-22(24-28-19(13-32-24)15(2)3)27-14-30(21)20-9-8-16(25)10-18(20)23(29)26-4/h7-10,13-15H,6,11-12H2,1-5H3/b17-7-,26-23?. The molecule has 0 aliphatic carbocycles. The number of oxazole rings is 1. The van der Waals surface area contributed by atoms with E-state index in [1.54, 1.807) is 20.4 Å². The molecule has 0 saturated carbocycles. The van der Waals surface area contributed by atoms with E-state index in [4.69, 9.17) is 30.7 Å². The molecule has 3 heterocycles. The lowest BCUT2D eigenvalue weighted by Crippen LogP contribution is -2.32. The Balaban J connectivity index is 1.94. The summed E-state index contributed by atoms with van der Waals surface area (Å²) in [4.78, 5) is 16.2. The van der Waals surface area contributed by atoms with Crippen LogP contribution in [0, 0.1) is 0 Å². The summed E-state index contributed by atoms with van der Waals surface area (Å²) in [6.07, 6.45) is 6.55. The molecule has 0 amide bonds. The zero-order chi connectivity index (χ0) is 22.8. The van der Waals surface area contributed by atoms with Crippen LogP contribution in [0.1, 0.15) is 50.1 Å². The van der Waals surface area contributed by atoms with Gasteiger partial charge < -0.3 is 14.1 Å². The van der Waals surface area contributed by atoms with Crippen LogP contribution in [-0.4, -0.2) is 46.0 Å². The maximum absolute atomic E-state index is 6.40. The zero-order valence-corrected chi connectivity index (χ0v) is 19.8. The molecule has 0 bridgehead atoms. The Bertz CT molecular complexity index is 1180. The van der Waals surface area contributed by atoms with Gasteiger partial charge in [-0.05, 0) is 30.5 Å². The van der Waals surface area contributed by atoms with E-state index in [1.807, 2.05) is 24.5 Å². The molecule has 8 heteroatoms. The van der Waals surface area contributed by atoms with Gasteiger partial charge in [-0.1, -0.05) is 38.4 Å². The van der Waals surface area contributed by atoms with Crippen molar-refractivity contribution in [3.05, 3.63) is 64.5 Å². The number of allylic oxidation sites excluding steroid dienone is 1. The number of imidazole rings is 1. The predicted molar refractivity (Wildman–Crippen MR) is 126 cm³/mol. The van der Waals surface area contributed by atoms with Gasteiger partial charge in [0.05, 0.1) is 30.2 Å². The van der Waals surface area contributed by atoms with Gasteiger partial charge in [0.15, 0.2) is 0 Å². The van der Waals surface area contributed by atoms with Crippen LogP contribution in [0.3, 0.4) is 0 Å². The third kappa shape index (κ3) is 3.98. The van der Waals surface area contributed by atoms with Crippen molar-refractivity contribution in [1.82, 2.24) is 19.4 Å². The first kappa shape index (κ1) is 22.3. The summed E-state index contributed by atoms with van der Waals surface area (Å²) in [5, 5.41) is 0.649. The maximum atomic E-state index is 6.40. The van der Waals surface area contributed by atoms with Crippen LogP contribution in [0.5, 0.6) is 0 Å². The number of nitrogens with zero attached hydrogens (tertiary/aromatic N) is 5. The van der Waals surface area contributed by atoms with Crippen molar-refractivity contribution in [2.24, 2.45) is 4.99 Å². The second kappa shape index (κ2) is 9.30. The monoisotopic (exact) mass is 453 g/mol. The van der Waals surface area contributed by atoms with E-state index >= 15 is 0 Å². The molecule has 3 aromatic rings. The van der Waals surface area contributed by atoms with Crippen molar-refractivity contribution in [3.63, 3.8) is 0 Å². The van der Waals surface area contributed by atoms with Crippen molar-refractivity contribution in [2.45, 2.75) is 39.7 Å². The van der Waals surface area contributed by atoms with Crippen LogP contribution >= 0.6 is 11.6 Å². The van der Waals surface area contributed by atoms with Crippen molar-refractivity contribution >= 4 is 17.4 Å². The van der Waals surface area contributed by atoms with E-state index in [0.717, 1.165) is 40.6 Å². The molecule has 0 spiro atoms. The summed E-state index contributed by atoms with van der Waals surface area (Å²) in [7, 11) is 3.50. The van der Waals surface area contributed by atoms with Crippen molar-refractivity contribution in [1.29, 1.82) is 0 Å². The zero-order valence-electron chi connectivity index (χ0n) is 19.1. The summed E-state index contributed by atoms with van der Waals surface area (Å²) < 4.78 is 13.4.